The Kier molecular flexibility index (Phi) is 5.46. The molecule has 0 aliphatic rings. The van der Waals surface area contributed by atoms with Crippen LogP contribution in [-0.4, -0.2) is 20.4 Å². The molecule has 0 spiro atoms. The lowest BCUT2D eigenvalue weighted by atomic mass is 9.93. The number of aromatic nitrogens is 3. The number of fused-ring (bicyclic) bond motifs is 2. The highest BCUT2D eigenvalue weighted by Gasteiger charge is 2.19. The Labute approximate surface area is 200 Å². The van der Waals surface area contributed by atoms with E-state index in [1.165, 1.54) is 11.3 Å². The summed E-state index contributed by atoms with van der Waals surface area (Å²) < 4.78 is 7.94. The van der Waals surface area contributed by atoms with E-state index in [4.69, 9.17) is 16.0 Å². The van der Waals surface area contributed by atoms with E-state index in [1.54, 1.807) is 0 Å². The number of anilines is 1. The van der Waals surface area contributed by atoms with Gasteiger partial charge < -0.3 is 14.3 Å². The lowest BCUT2D eigenvalue weighted by Crippen LogP contribution is -2.15. The first-order valence-corrected chi connectivity index (χ1v) is 11.9. The first kappa shape index (κ1) is 21.7. The summed E-state index contributed by atoms with van der Waals surface area (Å²) >= 11 is 7.72. The third-order valence-corrected chi connectivity index (χ3v) is 6.43. The van der Waals surface area contributed by atoms with Crippen LogP contribution in [0.2, 0.25) is 5.02 Å². The van der Waals surface area contributed by atoms with Gasteiger partial charge in [-0.15, -0.1) is 11.3 Å². The Morgan fingerprint density at radius 3 is 2.76 bits per heavy atom. The van der Waals surface area contributed by atoms with Gasteiger partial charge in [-0.1, -0.05) is 44.5 Å². The Morgan fingerprint density at radius 2 is 2.00 bits per heavy atom. The highest BCUT2D eigenvalue weighted by Crippen LogP contribution is 2.29. The Morgan fingerprint density at radius 1 is 1.18 bits per heavy atom. The van der Waals surface area contributed by atoms with Crippen LogP contribution in [0.25, 0.3) is 22.0 Å². The number of carbonyl (C=O) groups excluding carboxylic acids is 1. The molecule has 8 heteroatoms. The number of hydrogen-bond acceptors (Lipinski definition) is 5. The minimum Gasteiger partial charge on any atom is -0.439 e. The number of hydrogen-bond donors (Lipinski definition) is 1. The van der Waals surface area contributed by atoms with Crippen LogP contribution in [0.15, 0.2) is 58.5 Å². The molecule has 0 radical (unpaired) electrons. The second-order valence-electron chi connectivity index (χ2n) is 9.03. The maximum absolute atomic E-state index is 12.8. The zero-order chi connectivity index (χ0) is 23.2. The highest BCUT2D eigenvalue weighted by atomic mass is 35.5. The van der Waals surface area contributed by atoms with Crippen molar-refractivity contribution in [2.24, 2.45) is 0 Å². The SMILES string of the molecule is CC(C)(C)c1csc(NC(=O)Cc2cn(Cc3nc4ccccc4o3)c3ccc(Cl)cc23)n1. The van der Waals surface area contributed by atoms with Gasteiger partial charge in [0.2, 0.25) is 11.8 Å². The van der Waals surface area contributed by atoms with Crippen molar-refractivity contribution in [2.45, 2.75) is 39.2 Å². The summed E-state index contributed by atoms with van der Waals surface area (Å²) in [6.07, 6.45) is 2.18. The Balaban J connectivity index is 1.41. The van der Waals surface area contributed by atoms with Gasteiger partial charge in [0, 0.05) is 32.9 Å². The third-order valence-electron chi connectivity index (χ3n) is 5.44. The lowest BCUT2D eigenvalue weighted by Gasteiger charge is -2.14. The summed E-state index contributed by atoms with van der Waals surface area (Å²) in [7, 11) is 0. The van der Waals surface area contributed by atoms with Crippen molar-refractivity contribution >= 4 is 56.0 Å². The lowest BCUT2D eigenvalue weighted by molar-refractivity contribution is -0.115. The number of nitrogens with one attached hydrogen (secondary N) is 1. The molecule has 5 rings (SSSR count). The average molecular weight is 479 g/mol. The smallest absolute Gasteiger partial charge is 0.230 e. The van der Waals surface area contributed by atoms with E-state index in [1.807, 2.05) is 58.6 Å². The molecule has 1 amide bonds. The fraction of sp³-hybridized carbons (Fsp3) is 0.240. The number of rotatable bonds is 5. The first-order chi connectivity index (χ1) is 15.8. The van der Waals surface area contributed by atoms with Gasteiger partial charge in [0.25, 0.3) is 0 Å². The van der Waals surface area contributed by atoms with Gasteiger partial charge in [-0.3, -0.25) is 4.79 Å². The van der Waals surface area contributed by atoms with E-state index >= 15 is 0 Å². The largest absolute Gasteiger partial charge is 0.439 e. The van der Waals surface area contributed by atoms with Crippen LogP contribution in [0, 0.1) is 0 Å². The van der Waals surface area contributed by atoms with Gasteiger partial charge >= 0.3 is 0 Å². The molecule has 0 fully saturated rings. The third kappa shape index (κ3) is 4.51. The van der Waals surface area contributed by atoms with Gasteiger partial charge in [-0.25, -0.2) is 9.97 Å². The van der Waals surface area contributed by atoms with Crippen LogP contribution in [0.4, 0.5) is 5.13 Å². The molecule has 0 saturated heterocycles. The number of nitrogens with zero attached hydrogens (tertiary/aromatic N) is 3. The molecular weight excluding hydrogens is 456 g/mol. The minimum atomic E-state index is -0.120. The van der Waals surface area contributed by atoms with Crippen molar-refractivity contribution < 1.29 is 9.21 Å². The molecule has 33 heavy (non-hydrogen) atoms. The topological polar surface area (TPSA) is 73.0 Å². The summed E-state index contributed by atoms with van der Waals surface area (Å²) in [5.41, 5.74) is 4.33. The summed E-state index contributed by atoms with van der Waals surface area (Å²) in [6.45, 7) is 6.76. The van der Waals surface area contributed by atoms with Crippen molar-refractivity contribution in [1.29, 1.82) is 0 Å². The zero-order valence-electron chi connectivity index (χ0n) is 18.6. The molecule has 3 heterocycles. The highest BCUT2D eigenvalue weighted by molar-refractivity contribution is 7.13. The van der Waals surface area contributed by atoms with Crippen molar-refractivity contribution in [1.82, 2.24) is 14.5 Å². The fourth-order valence-corrected chi connectivity index (χ4v) is 4.89. The predicted molar refractivity (Wildman–Crippen MR) is 133 cm³/mol. The van der Waals surface area contributed by atoms with Gasteiger partial charge in [-0.05, 0) is 35.9 Å². The van der Waals surface area contributed by atoms with Gasteiger partial charge in [0.15, 0.2) is 10.7 Å². The van der Waals surface area contributed by atoms with Crippen molar-refractivity contribution in [3.05, 3.63) is 76.2 Å². The number of benzene rings is 2. The molecule has 2 aromatic carbocycles. The van der Waals surface area contributed by atoms with Crippen LogP contribution < -0.4 is 5.32 Å². The molecule has 0 aliphatic carbocycles. The van der Waals surface area contributed by atoms with Gasteiger partial charge in [0.1, 0.15) is 5.52 Å². The van der Waals surface area contributed by atoms with Crippen LogP contribution in [0.3, 0.4) is 0 Å². The molecule has 168 valence electrons. The molecule has 0 saturated carbocycles. The molecule has 0 unspecified atom stereocenters. The van der Waals surface area contributed by atoms with E-state index in [0.717, 1.165) is 33.3 Å². The molecule has 3 aromatic heterocycles. The maximum atomic E-state index is 12.8. The van der Waals surface area contributed by atoms with Crippen molar-refractivity contribution in [3.8, 4) is 0 Å². The normalized spacial score (nSPS) is 12.0. The van der Waals surface area contributed by atoms with Crippen molar-refractivity contribution in [2.75, 3.05) is 5.32 Å². The van der Waals surface area contributed by atoms with Gasteiger partial charge in [0.05, 0.1) is 18.7 Å². The van der Waals surface area contributed by atoms with Crippen LogP contribution in [0.1, 0.15) is 37.9 Å². The average Bonchev–Trinajstić information content (AvgIpc) is 3.45. The predicted octanol–water partition coefficient (Wildman–Crippen LogP) is 6.42. The number of carbonyl (C=O) groups is 1. The second-order valence-corrected chi connectivity index (χ2v) is 10.3. The van der Waals surface area contributed by atoms with E-state index in [2.05, 4.69) is 36.1 Å². The quantitative estimate of drug-likeness (QED) is 0.316. The number of thiazole rings is 1. The molecule has 5 aromatic rings. The maximum Gasteiger partial charge on any atom is 0.230 e. The van der Waals surface area contributed by atoms with E-state index < -0.39 is 0 Å². The standard InChI is InChI=1S/C25H23ClN4O2S/c1-25(2,3)21-14-33-24(28-21)29-22(31)10-15-12-30(19-9-8-16(26)11-17(15)19)13-23-27-18-6-4-5-7-20(18)32-23/h4-9,11-12,14H,10,13H2,1-3H3,(H,28,29,31). The number of para-hydroxylation sites is 2. The summed E-state index contributed by atoms with van der Waals surface area (Å²) in [5.74, 6) is 0.488. The van der Waals surface area contributed by atoms with Gasteiger partial charge in [-0.2, -0.15) is 0 Å². The summed E-state index contributed by atoms with van der Waals surface area (Å²) in [6, 6.07) is 13.4. The number of amides is 1. The fourth-order valence-electron chi connectivity index (χ4n) is 3.76. The molecule has 1 N–H and O–H groups in total. The number of halogens is 1. The van der Waals surface area contributed by atoms with E-state index in [0.29, 0.717) is 22.6 Å². The Bertz CT molecular complexity index is 1440. The molecule has 0 atom stereocenters. The molecular formula is C25H23ClN4O2S. The van der Waals surface area contributed by atoms with E-state index in [-0.39, 0.29) is 17.7 Å². The second kappa shape index (κ2) is 8.32. The molecule has 0 bridgehead atoms. The number of oxazole rings is 1. The molecule has 0 aliphatic heterocycles. The molecule has 6 nitrogen and oxygen atoms in total. The zero-order valence-corrected chi connectivity index (χ0v) is 20.1. The first-order valence-electron chi connectivity index (χ1n) is 10.6. The van der Waals surface area contributed by atoms with Crippen LogP contribution in [0.5, 0.6) is 0 Å². The Hall–Kier alpha value is -3.16. The van der Waals surface area contributed by atoms with Crippen molar-refractivity contribution in [3.63, 3.8) is 0 Å². The summed E-state index contributed by atoms with van der Waals surface area (Å²) in [5, 5.41) is 7.09. The summed E-state index contributed by atoms with van der Waals surface area (Å²) in [4.78, 5) is 22.0. The van der Waals surface area contributed by atoms with Crippen LogP contribution >= 0.6 is 22.9 Å². The monoisotopic (exact) mass is 478 g/mol. The van der Waals surface area contributed by atoms with E-state index in [9.17, 15) is 4.79 Å². The van der Waals surface area contributed by atoms with Crippen LogP contribution in [-0.2, 0) is 23.2 Å². The minimum absolute atomic E-state index is 0.0612.